The molecular weight excluding hydrogens is 415 g/mol. The van der Waals surface area contributed by atoms with Crippen molar-refractivity contribution in [3.05, 3.63) is 61.8 Å². The monoisotopic (exact) mass is 430 g/mol. The van der Waals surface area contributed by atoms with E-state index in [0.717, 1.165) is 38.9 Å². The highest BCUT2D eigenvalue weighted by molar-refractivity contribution is 9.10. The summed E-state index contributed by atoms with van der Waals surface area (Å²) in [6, 6.07) is 8.25. The van der Waals surface area contributed by atoms with Gasteiger partial charge in [0.1, 0.15) is 0 Å². The fraction of sp³-hybridized carbons (Fsp3) is 0.312. The third-order valence-corrected chi connectivity index (χ3v) is 4.45. The van der Waals surface area contributed by atoms with Crippen molar-refractivity contribution >= 4 is 43.5 Å². The fourth-order valence-corrected chi connectivity index (χ4v) is 3.24. The van der Waals surface area contributed by atoms with Crippen LogP contribution in [-0.2, 0) is 6.42 Å². The molecule has 0 aliphatic rings. The second-order valence-electron chi connectivity index (χ2n) is 4.89. The van der Waals surface area contributed by atoms with Crippen molar-refractivity contribution in [3.8, 4) is 0 Å². The highest BCUT2D eigenvalue weighted by atomic mass is 79.9. The number of pyridine rings is 1. The molecule has 0 aliphatic heterocycles. The van der Waals surface area contributed by atoms with E-state index in [1.165, 1.54) is 5.56 Å². The van der Waals surface area contributed by atoms with Crippen molar-refractivity contribution in [1.82, 2.24) is 10.3 Å². The number of nitrogens with one attached hydrogen (secondary N) is 1. The third kappa shape index (κ3) is 5.06. The maximum Gasteiger partial charge on any atom is 0.0454 e. The van der Waals surface area contributed by atoms with Crippen molar-refractivity contribution in [3.63, 3.8) is 0 Å². The first-order chi connectivity index (χ1) is 10.1. The molecule has 0 fully saturated rings. The summed E-state index contributed by atoms with van der Waals surface area (Å²) in [6.07, 6.45) is 5.63. The molecule has 2 rings (SSSR count). The van der Waals surface area contributed by atoms with Crippen LogP contribution in [0.15, 0.2) is 45.6 Å². The van der Waals surface area contributed by atoms with E-state index >= 15 is 0 Å². The van der Waals surface area contributed by atoms with E-state index in [0.29, 0.717) is 0 Å². The van der Waals surface area contributed by atoms with Gasteiger partial charge in [-0.25, -0.2) is 0 Å². The summed E-state index contributed by atoms with van der Waals surface area (Å²) in [5.41, 5.74) is 2.29. The van der Waals surface area contributed by atoms with Crippen molar-refractivity contribution in [2.75, 3.05) is 6.54 Å². The SMILES string of the molecule is CCCNC(Cc1cncc(Br)c1)c1cc(Br)ccc1Cl. The smallest absolute Gasteiger partial charge is 0.0454 e. The number of benzene rings is 1. The minimum absolute atomic E-state index is 0.172. The molecule has 2 aromatic rings. The van der Waals surface area contributed by atoms with E-state index < -0.39 is 0 Å². The van der Waals surface area contributed by atoms with Crippen LogP contribution in [0.2, 0.25) is 5.02 Å². The van der Waals surface area contributed by atoms with Gasteiger partial charge in [0.05, 0.1) is 0 Å². The minimum Gasteiger partial charge on any atom is -0.310 e. The first kappa shape index (κ1) is 16.9. The summed E-state index contributed by atoms with van der Waals surface area (Å²) < 4.78 is 2.03. The summed E-state index contributed by atoms with van der Waals surface area (Å²) in [4.78, 5) is 4.23. The molecule has 5 heteroatoms. The number of aromatic nitrogens is 1. The van der Waals surface area contributed by atoms with Crippen LogP contribution in [-0.4, -0.2) is 11.5 Å². The lowest BCUT2D eigenvalue weighted by molar-refractivity contribution is 0.528. The van der Waals surface area contributed by atoms with Gasteiger partial charge in [-0.15, -0.1) is 0 Å². The van der Waals surface area contributed by atoms with Crippen molar-refractivity contribution in [1.29, 1.82) is 0 Å². The maximum atomic E-state index is 6.38. The largest absolute Gasteiger partial charge is 0.310 e. The molecule has 112 valence electrons. The molecule has 0 spiro atoms. The third-order valence-electron chi connectivity index (χ3n) is 3.18. The average Bonchev–Trinajstić information content (AvgIpc) is 2.46. The molecule has 0 saturated carbocycles. The Morgan fingerprint density at radius 1 is 1.19 bits per heavy atom. The fourth-order valence-electron chi connectivity index (χ4n) is 2.20. The molecule has 1 N–H and O–H groups in total. The topological polar surface area (TPSA) is 24.9 Å². The molecule has 0 radical (unpaired) electrons. The normalized spacial score (nSPS) is 12.4. The van der Waals surface area contributed by atoms with Gasteiger partial charge in [-0.3, -0.25) is 4.98 Å². The Kier molecular flexibility index (Phi) is 6.68. The summed E-state index contributed by atoms with van der Waals surface area (Å²) in [5.74, 6) is 0. The Hall–Kier alpha value is -0.420. The van der Waals surface area contributed by atoms with E-state index in [2.05, 4.69) is 61.2 Å². The second kappa shape index (κ2) is 8.28. The van der Waals surface area contributed by atoms with Gasteiger partial charge in [0, 0.05) is 32.4 Å². The molecule has 1 unspecified atom stereocenters. The van der Waals surface area contributed by atoms with Gasteiger partial charge >= 0.3 is 0 Å². The zero-order chi connectivity index (χ0) is 15.2. The first-order valence-electron chi connectivity index (χ1n) is 6.88. The molecule has 2 nitrogen and oxygen atoms in total. The van der Waals surface area contributed by atoms with Crippen LogP contribution in [0, 0.1) is 0 Å². The lowest BCUT2D eigenvalue weighted by Gasteiger charge is -2.20. The molecular formula is C16H17Br2ClN2. The molecule has 1 aromatic carbocycles. The van der Waals surface area contributed by atoms with Crippen LogP contribution in [0.4, 0.5) is 0 Å². The standard InChI is InChI=1S/C16H17Br2ClN2/c1-2-5-21-16(7-11-6-13(18)10-20-9-11)14-8-12(17)3-4-15(14)19/h3-4,6,8-10,16,21H,2,5,7H2,1H3. The first-order valence-corrected chi connectivity index (χ1v) is 8.84. The van der Waals surface area contributed by atoms with Gasteiger partial charge in [-0.05, 0) is 70.7 Å². The summed E-state index contributed by atoms with van der Waals surface area (Å²) in [7, 11) is 0. The number of halogens is 3. The summed E-state index contributed by atoms with van der Waals surface area (Å²) >= 11 is 13.4. The predicted octanol–water partition coefficient (Wildman–Crippen LogP) is 5.54. The molecule has 1 aromatic heterocycles. The van der Waals surface area contributed by atoms with Crippen molar-refractivity contribution in [2.45, 2.75) is 25.8 Å². The van der Waals surface area contributed by atoms with Gasteiger partial charge in [-0.2, -0.15) is 0 Å². The van der Waals surface area contributed by atoms with Crippen LogP contribution in [0.1, 0.15) is 30.5 Å². The minimum atomic E-state index is 0.172. The van der Waals surface area contributed by atoms with E-state index in [9.17, 15) is 0 Å². The number of hydrogen-bond acceptors (Lipinski definition) is 2. The van der Waals surface area contributed by atoms with Crippen LogP contribution >= 0.6 is 43.5 Å². The molecule has 0 bridgehead atoms. The van der Waals surface area contributed by atoms with E-state index in [4.69, 9.17) is 11.6 Å². The Bertz CT molecular complexity index is 605. The predicted molar refractivity (Wildman–Crippen MR) is 95.8 cm³/mol. The van der Waals surface area contributed by atoms with Gasteiger partial charge in [0.25, 0.3) is 0 Å². The van der Waals surface area contributed by atoms with E-state index in [-0.39, 0.29) is 6.04 Å². The molecule has 1 atom stereocenters. The van der Waals surface area contributed by atoms with Gasteiger partial charge in [0.2, 0.25) is 0 Å². The van der Waals surface area contributed by atoms with Crippen molar-refractivity contribution in [2.24, 2.45) is 0 Å². The summed E-state index contributed by atoms with van der Waals surface area (Å²) in [5, 5.41) is 4.36. The molecule has 21 heavy (non-hydrogen) atoms. The number of rotatable bonds is 6. The Morgan fingerprint density at radius 3 is 2.71 bits per heavy atom. The number of nitrogens with zero attached hydrogens (tertiary/aromatic N) is 1. The average molecular weight is 433 g/mol. The van der Waals surface area contributed by atoms with Crippen molar-refractivity contribution < 1.29 is 0 Å². The Balaban J connectivity index is 2.27. The lowest BCUT2D eigenvalue weighted by atomic mass is 9.99. The van der Waals surface area contributed by atoms with E-state index in [1.807, 2.05) is 18.3 Å². The summed E-state index contributed by atoms with van der Waals surface area (Å²) in [6.45, 7) is 3.11. The maximum absolute atomic E-state index is 6.38. The highest BCUT2D eigenvalue weighted by Crippen LogP contribution is 2.29. The quantitative estimate of drug-likeness (QED) is 0.648. The Labute approximate surface area is 147 Å². The zero-order valence-corrected chi connectivity index (χ0v) is 15.7. The number of hydrogen-bond donors (Lipinski definition) is 1. The van der Waals surface area contributed by atoms with Crippen LogP contribution in [0.3, 0.4) is 0 Å². The Morgan fingerprint density at radius 2 is 2.00 bits per heavy atom. The van der Waals surface area contributed by atoms with Gasteiger partial charge in [-0.1, -0.05) is 34.5 Å². The van der Waals surface area contributed by atoms with Gasteiger partial charge < -0.3 is 5.32 Å². The van der Waals surface area contributed by atoms with Crippen LogP contribution in [0.5, 0.6) is 0 Å². The molecule has 0 saturated heterocycles. The second-order valence-corrected chi connectivity index (χ2v) is 7.13. The molecule has 0 amide bonds. The highest BCUT2D eigenvalue weighted by Gasteiger charge is 2.15. The molecule has 1 heterocycles. The molecule has 0 aliphatic carbocycles. The van der Waals surface area contributed by atoms with Crippen LogP contribution in [0.25, 0.3) is 0 Å². The van der Waals surface area contributed by atoms with Gasteiger partial charge in [0.15, 0.2) is 0 Å². The lowest BCUT2D eigenvalue weighted by Crippen LogP contribution is -2.24. The zero-order valence-electron chi connectivity index (χ0n) is 11.7. The van der Waals surface area contributed by atoms with Crippen LogP contribution < -0.4 is 5.32 Å². The van der Waals surface area contributed by atoms with E-state index in [1.54, 1.807) is 6.20 Å².